The lowest BCUT2D eigenvalue weighted by atomic mass is 10.3. The SMILES string of the molecule is Cn1nc(N)cc1C(=O)Oc1ccc(F)cc1. The van der Waals surface area contributed by atoms with Crippen molar-refractivity contribution in [3.63, 3.8) is 0 Å². The normalized spacial score (nSPS) is 10.2. The van der Waals surface area contributed by atoms with E-state index in [9.17, 15) is 9.18 Å². The van der Waals surface area contributed by atoms with Crippen molar-refractivity contribution in [2.24, 2.45) is 7.05 Å². The molecule has 0 radical (unpaired) electrons. The van der Waals surface area contributed by atoms with Crippen LogP contribution in [-0.2, 0) is 7.05 Å². The van der Waals surface area contributed by atoms with Crippen LogP contribution in [0.4, 0.5) is 10.2 Å². The zero-order valence-electron chi connectivity index (χ0n) is 9.05. The van der Waals surface area contributed by atoms with E-state index in [0.29, 0.717) is 0 Å². The van der Waals surface area contributed by atoms with E-state index in [4.69, 9.17) is 10.5 Å². The highest BCUT2D eigenvalue weighted by Crippen LogP contribution is 2.14. The second-order valence-corrected chi connectivity index (χ2v) is 3.42. The molecule has 0 saturated carbocycles. The molecule has 2 aromatic rings. The van der Waals surface area contributed by atoms with Crippen molar-refractivity contribution in [3.8, 4) is 5.75 Å². The number of esters is 1. The number of ether oxygens (including phenoxy) is 1. The number of carbonyl (C=O) groups excluding carboxylic acids is 1. The summed E-state index contributed by atoms with van der Waals surface area (Å²) in [5.41, 5.74) is 5.67. The molecule has 0 aliphatic rings. The number of aromatic nitrogens is 2. The van der Waals surface area contributed by atoms with Crippen LogP contribution in [0.2, 0.25) is 0 Å². The Hall–Kier alpha value is -2.37. The Morgan fingerprint density at radius 1 is 1.41 bits per heavy atom. The van der Waals surface area contributed by atoms with Crippen LogP contribution >= 0.6 is 0 Å². The largest absolute Gasteiger partial charge is 0.422 e. The Kier molecular flexibility index (Phi) is 2.78. The summed E-state index contributed by atoms with van der Waals surface area (Å²) in [6.45, 7) is 0. The highest BCUT2D eigenvalue weighted by Gasteiger charge is 2.14. The van der Waals surface area contributed by atoms with Gasteiger partial charge in [-0.05, 0) is 24.3 Å². The Balaban J connectivity index is 2.17. The highest BCUT2D eigenvalue weighted by molar-refractivity contribution is 5.90. The molecule has 17 heavy (non-hydrogen) atoms. The average molecular weight is 235 g/mol. The summed E-state index contributed by atoms with van der Waals surface area (Å²) in [6.07, 6.45) is 0. The molecule has 0 aliphatic carbocycles. The van der Waals surface area contributed by atoms with Crippen molar-refractivity contribution < 1.29 is 13.9 Å². The van der Waals surface area contributed by atoms with Crippen LogP contribution in [0.1, 0.15) is 10.5 Å². The number of hydrogen-bond acceptors (Lipinski definition) is 4. The highest BCUT2D eigenvalue weighted by atomic mass is 19.1. The van der Waals surface area contributed by atoms with Gasteiger partial charge in [-0.15, -0.1) is 0 Å². The summed E-state index contributed by atoms with van der Waals surface area (Å²) in [5, 5.41) is 3.82. The van der Waals surface area contributed by atoms with Gasteiger partial charge < -0.3 is 10.5 Å². The molecule has 0 fully saturated rings. The van der Waals surface area contributed by atoms with Crippen molar-refractivity contribution >= 4 is 11.8 Å². The van der Waals surface area contributed by atoms with Gasteiger partial charge in [-0.25, -0.2) is 9.18 Å². The second-order valence-electron chi connectivity index (χ2n) is 3.42. The molecule has 1 heterocycles. The van der Waals surface area contributed by atoms with Gasteiger partial charge in [-0.2, -0.15) is 5.10 Å². The molecule has 88 valence electrons. The maximum absolute atomic E-state index is 12.6. The van der Waals surface area contributed by atoms with Gasteiger partial charge in [0.25, 0.3) is 0 Å². The fourth-order valence-electron chi connectivity index (χ4n) is 1.34. The van der Waals surface area contributed by atoms with Gasteiger partial charge in [-0.1, -0.05) is 0 Å². The minimum Gasteiger partial charge on any atom is -0.422 e. The van der Waals surface area contributed by atoms with Gasteiger partial charge in [0.1, 0.15) is 23.1 Å². The molecular weight excluding hydrogens is 225 g/mol. The maximum atomic E-state index is 12.6. The summed E-state index contributed by atoms with van der Waals surface area (Å²) in [5.74, 6) is -0.493. The standard InChI is InChI=1S/C11H10FN3O2/c1-15-9(6-10(13)14-15)11(16)17-8-4-2-7(12)3-5-8/h2-6H,1H3,(H2,13,14). The molecule has 5 nitrogen and oxygen atoms in total. The number of aryl methyl sites for hydroxylation is 1. The average Bonchev–Trinajstić information content (AvgIpc) is 2.61. The lowest BCUT2D eigenvalue weighted by Crippen LogP contribution is -2.13. The van der Waals surface area contributed by atoms with Crippen molar-refractivity contribution in [3.05, 3.63) is 41.8 Å². The van der Waals surface area contributed by atoms with Crippen LogP contribution in [0.25, 0.3) is 0 Å². The van der Waals surface area contributed by atoms with Crippen LogP contribution in [0.5, 0.6) is 5.75 Å². The molecule has 0 spiro atoms. The number of hydrogen-bond donors (Lipinski definition) is 1. The molecular formula is C11H10FN3O2. The quantitative estimate of drug-likeness (QED) is 0.630. The zero-order valence-corrected chi connectivity index (χ0v) is 9.05. The third kappa shape index (κ3) is 2.41. The van der Waals surface area contributed by atoms with Crippen LogP contribution in [0.15, 0.2) is 30.3 Å². The molecule has 1 aromatic carbocycles. The monoisotopic (exact) mass is 235 g/mol. The first-order valence-electron chi connectivity index (χ1n) is 4.83. The summed E-state index contributed by atoms with van der Waals surface area (Å²) >= 11 is 0. The smallest absolute Gasteiger partial charge is 0.362 e. The second kappa shape index (κ2) is 4.25. The molecule has 6 heteroatoms. The molecule has 0 bridgehead atoms. The van der Waals surface area contributed by atoms with Crippen molar-refractivity contribution in [2.75, 3.05) is 5.73 Å². The van der Waals surface area contributed by atoms with Crippen LogP contribution < -0.4 is 10.5 Å². The summed E-state index contributed by atoms with van der Waals surface area (Å²) < 4.78 is 19.0. The van der Waals surface area contributed by atoms with Crippen LogP contribution in [0, 0.1) is 5.82 Å². The molecule has 2 N–H and O–H groups in total. The predicted molar refractivity (Wildman–Crippen MR) is 59.0 cm³/mol. The van der Waals surface area contributed by atoms with Gasteiger partial charge >= 0.3 is 5.97 Å². The van der Waals surface area contributed by atoms with Gasteiger partial charge in [-0.3, -0.25) is 4.68 Å². The predicted octanol–water partition coefficient (Wildman–Crippen LogP) is 1.36. The zero-order chi connectivity index (χ0) is 12.4. The third-order valence-electron chi connectivity index (χ3n) is 2.13. The molecule has 0 aliphatic heterocycles. The maximum Gasteiger partial charge on any atom is 0.362 e. The fraction of sp³-hybridized carbons (Fsp3) is 0.0909. The number of rotatable bonds is 2. The van der Waals surface area contributed by atoms with E-state index in [1.165, 1.54) is 35.0 Å². The van der Waals surface area contributed by atoms with E-state index >= 15 is 0 Å². The number of nitrogens with two attached hydrogens (primary N) is 1. The summed E-state index contributed by atoms with van der Waals surface area (Å²) in [6, 6.07) is 6.56. The van der Waals surface area contributed by atoms with Crippen LogP contribution in [0.3, 0.4) is 0 Å². The van der Waals surface area contributed by atoms with E-state index in [2.05, 4.69) is 5.10 Å². The Morgan fingerprint density at radius 3 is 2.59 bits per heavy atom. The molecule has 0 amide bonds. The lowest BCUT2D eigenvalue weighted by molar-refractivity contribution is 0.0723. The minimum absolute atomic E-state index is 0.229. The third-order valence-corrected chi connectivity index (χ3v) is 2.13. The van der Waals surface area contributed by atoms with Crippen molar-refractivity contribution in [1.82, 2.24) is 9.78 Å². The van der Waals surface area contributed by atoms with Gasteiger partial charge in [0.15, 0.2) is 0 Å². The van der Waals surface area contributed by atoms with E-state index in [0.717, 1.165) is 0 Å². The lowest BCUT2D eigenvalue weighted by Gasteiger charge is -2.03. The number of benzene rings is 1. The Labute approximate surface area is 96.6 Å². The van der Waals surface area contributed by atoms with E-state index < -0.39 is 11.8 Å². The summed E-state index contributed by atoms with van der Waals surface area (Å²) in [4.78, 5) is 11.7. The molecule has 0 unspecified atom stereocenters. The number of carbonyl (C=O) groups is 1. The van der Waals surface area contributed by atoms with Gasteiger partial charge in [0.05, 0.1) is 0 Å². The van der Waals surface area contributed by atoms with E-state index in [1.54, 1.807) is 7.05 Å². The minimum atomic E-state index is -0.594. The van der Waals surface area contributed by atoms with Crippen molar-refractivity contribution in [1.29, 1.82) is 0 Å². The van der Waals surface area contributed by atoms with Gasteiger partial charge in [0.2, 0.25) is 0 Å². The number of halogens is 1. The summed E-state index contributed by atoms with van der Waals surface area (Å²) in [7, 11) is 1.58. The Morgan fingerprint density at radius 2 is 2.06 bits per heavy atom. The topological polar surface area (TPSA) is 70.1 Å². The first kappa shape index (κ1) is 11.1. The first-order valence-corrected chi connectivity index (χ1v) is 4.83. The number of nitrogen functional groups attached to an aromatic ring is 1. The van der Waals surface area contributed by atoms with Crippen molar-refractivity contribution in [2.45, 2.75) is 0 Å². The molecule has 0 atom stereocenters. The number of anilines is 1. The van der Waals surface area contributed by atoms with E-state index in [1.807, 2.05) is 0 Å². The fourth-order valence-corrected chi connectivity index (χ4v) is 1.34. The van der Waals surface area contributed by atoms with E-state index in [-0.39, 0.29) is 17.3 Å². The molecule has 2 rings (SSSR count). The van der Waals surface area contributed by atoms with Crippen LogP contribution in [-0.4, -0.2) is 15.7 Å². The number of nitrogens with zero attached hydrogens (tertiary/aromatic N) is 2. The Bertz CT molecular complexity index is 548. The van der Waals surface area contributed by atoms with Gasteiger partial charge in [0, 0.05) is 13.1 Å². The first-order chi connectivity index (χ1) is 8.06. The molecule has 1 aromatic heterocycles. The molecule has 0 saturated heterocycles.